The summed E-state index contributed by atoms with van der Waals surface area (Å²) in [5.41, 5.74) is 8.61. The highest BCUT2D eigenvalue weighted by Gasteiger charge is 2.23. The molecule has 1 atom stereocenters. The van der Waals surface area contributed by atoms with Gasteiger partial charge >= 0.3 is 0 Å². The second-order valence-corrected chi connectivity index (χ2v) is 9.42. The number of carbonyl (C=O) groups excluding carboxylic acids is 2. The number of rotatable bonds is 6. The van der Waals surface area contributed by atoms with Crippen LogP contribution in [0.2, 0.25) is 0 Å². The maximum absolute atomic E-state index is 12.4. The number of para-hydroxylation sites is 1. The van der Waals surface area contributed by atoms with Gasteiger partial charge < -0.3 is 15.6 Å². The average molecular weight is 442 g/mol. The topological polar surface area (TPSA) is 103 Å². The maximum atomic E-state index is 12.4. The minimum atomic E-state index is -0.579. The Kier molecular flexibility index (Phi) is 5.92. The molecule has 0 spiro atoms. The molecule has 1 aromatic carbocycles. The van der Waals surface area contributed by atoms with E-state index in [1.165, 1.54) is 28.6 Å². The Morgan fingerprint density at radius 1 is 1.33 bits per heavy atom. The van der Waals surface area contributed by atoms with Crippen molar-refractivity contribution in [3.8, 4) is 11.4 Å². The van der Waals surface area contributed by atoms with Crippen molar-refractivity contribution in [2.75, 3.05) is 11.1 Å². The summed E-state index contributed by atoms with van der Waals surface area (Å²) in [7, 11) is 1.92. The second kappa shape index (κ2) is 8.61. The van der Waals surface area contributed by atoms with E-state index in [0.717, 1.165) is 30.1 Å². The highest BCUT2D eigenvalue weighted by Crippen LogP contribution is 2.38. The normalized spacial score (nSPS) is 15.6. The smallest absolute Gasteiger partial charge is 0.250 e. The molecule has 0 saturated heterocycles. The summed E-state index contributed by atoms with van der Waals surface area (Å²) >= 11 is 3.11. The van der Waals surface area contributed by atoms with Crippen LogP contribution in [0.5, 0.6) is 0 Å². The number of benzene rings is 1. The number of hydrogen-bond donors (Lipinski definition) is 2. The third-order valence-electron chi connectivity index (χ3n) is 5.28. The van der Waals surface area contributed by atoms with Gasteiger partial charge in [-0.1, -0.05) is 30.8 Å². The SMILES string of the molecule is CC1CCc2c(-c3nnc(SCC(=O)Nc4ccccc4C(N)=O)n3C)csc2C1. The molecule has 0 radical (unpaired) electrons. The number of aromatic nitrogens is 3. The quantitative estimate of drug-likeness (QED) is 0.570. The van der Waals surface area contributed by atoms with Crippen LogP contribution in [-0.2, 0) is 24.7 Å². The first-order valence-corrected chi connectivity index (χ1v) is 11.6. The lowest BCUT2D eigenvalue weighted by Gasteiger charge is -2.18. The Bertz CT molecular complexity index is 1100. The standard InChI is InChI=1S/C21H23N5O2S2/c1-12-7-8-13-15(10-29-17(13)9-12)20-24-25-21(26(20)2)30-11-18(27)23-16-6-4-3-5-14(16)19(22)28/h3-6,10,12H,7-9,11H2,1-2H3,(H2,22,28)(H,23,27). The van der Waals surface area contributed by atoms with Gasteiger partial charge in [0.2, 0.25) is 5.91 Å². The molecule has 1 aliphatic carbocycles. The van der Waals surface area contributed by atoms with Crippen LogP contribution in [0.3, 0.4) is 0 Å². The van der Waals surface area contributed by atoms with Crippen molar-refractivity contribution in [2.24, 2.45) is 18.7 Å². The number of nitrogens with two attached hydrogens (primary N) is 1. The molecule has 156 valence electrons. The molecule has 0 bridgehead atoms. The number of fused-ring (bicyclic) bond motifs is 1. The first-order chi connectivity index (χ1) is 14.4. The zero-order chi connectivity index (χ0) is 21.3. The van der Waals surface area contributed by atoms with Crippen molar-refractivity contribution in [1.82, 2.24) is 14.8 Å². The molecule has 0 fully saturated rings. The Hall–Kier alpha value is -2.65. The van der Waals surface area contributed by atoms with E-state index in [1.807, 2.05) is 11.6 Å². The third-order valence-corrected chi connectivity index (χ3v) is 7.35. The molecule has 1 unspecified atom stereocenters. The van der Waals surface area contributed by atoms with E-state index in [2.05, 4.69) is 27.8 Å². The molecule has 4 rings (SSSR count). The third kappa shape index (κ3) is 4.13. The minimum Gasteiger partial charge on any atom is -0.366 e. The van der Waals surface area contributed by atoms with Gasteiger partial charge in [0.25, 0.3) is 5.91 Å². The van der Waals surface area contributed by atoms with Gasteiger partial charge in [0.15, 0.2) is 11.0 Å². The second-order valence-electron chi connectivity index (χ2n) is 7.51. The molecule has 0 aliphatic heterocycles. The summed E-state index contributed by atoms with van der Waals surface area (Å²) < 4.78 is 1.94. The van der Waals surface area contributed by atoms with E-state index in [9.17, 15) is 9.59 Å². The fourth-order valence-electron chi connectivity index (χ4n) is 3.66. The fourth-order valence-corrected chi connectivity index (χ4v) is 5.62. The van der Waals surface area contributed by atoms with Crippen LogP contribution in [0, 0.1) is 5.92 Å². The molecule has 0 saturated carbocycles. The van der Waals surface area contributed by atoms with Crippen molar-refractivity contribution in [3.63, 3.8) is 0 Å². The predicted octanol–water partition coefficient (Wildman–Crippen LogP) is 3.50. The largest absolute Gasteiger partial charge is 0.366 e. The highest BCUT2D eigenvalue weighted by atomic mass is 32.2. The minimum absolute atomic E-state index is 0.151. The Morgan fingerprint density at radius 3 is 2.93 bits per heavy atom. The monoisotopic (exact) mass is 441 g/mol. The predicted molar refractivity (Wildman–Crippen MR) is 120 cm³/mol. The van der Waals surface area contributed by atoms with E-state index < -0.39 is 5.91 Å². The van der Waals surface area contributed by atoms with Gasteiger partial charge in [0, 0.05) is 22.9 Å². The first-order valence-electron chi connectivity index (χ1n) is 9.74. The number of thioether (sulfide) groups is 1. The molecule has 2 amide bonds. The van der Waals surface area contributed by atoms with Crippen LogP contribution >= 0.6 is 23.1 Å². The summed E-state index contributed by atoms with van der Waals surface area (Å²) in [6, 6.07) is 6.69. The van der Waals surface area contributed by atoms with Gasteiger partial charge in [-0.05, 0) is 42.9 Å². The van der Waals surface area contributed by atoms with E-state index in [4.69, 9.17) is 5.73 Å². The Balaban J connectivity index is 1.44. The zero-order valence-corrected chi connectivity index (χ0v) is 18.5. The number of carbonyl (C=O) groups is 2. The van der Waals surface area contributed by atoms with Crippen molar-refractivity contribution < 1.29 is 9.59 Å². The molecule has 1 aliphatic rings. The van der Waals surface area contributed by atoms with Crippen molar-refractivity contribution in [2.45, 2.75) is 31.3 Å². The van der Waals surface area contributed by atoms with Crippen LogP contribution < -0.4 is 11.1 Å². The summed E-state index contributed by atoms with van der Waals surface area (Å²) in [5.74, 6) is 0.903. The zero-order valence-electron chi connectivity index (χ0n) is 16.8. The number of anilines is 1. The van der Waals surface area contributed by atoms with E-state index in [0.29, 0.717) is 10.8 Å². The summed E-state index contributed by atoms with van der Waals surface area (Å²) in [4.78, 5) is 25.3. The number of hydrogen-bond acceptors (Lipinski definition) is 6. The van der Waals surface area contributed by atoms with E-state index in [1.54, 1.807) is 35.6 Å². The summed E-state index contributed by atoms with van der Waals surface area (Å²) in [5, 5.41) is 14.3. The van der Waals surface area contributed by atoms with Crippen LogP contribution in [0.25, 0.3) is 11.4 Å². The molecular formula is C21H23N5O2S2. The van der Waals surface area contributed by atoms with Gasteiger partial charge in [-0.2, -0.15) is 0 Å². The highest BCUT2D eigenvalue weighted by molar-refractivity contribution is 7.99. The van der Waals surface area contributed by atoms with Crippen LogP contribution in [-0.4, -0.2) is 32.3 Å². The Labute approximate surface area is 183 Å². The molecular weight excluding hydrogens is 418 g/mol. The molecule has 3 N–H and O–H groups in total. The Morgan fingerprint density at radius 2 is 2.13 bits per heavy atom. The molecule has 2 heterocycles. The molecule has 9 heteroatoms. The summed E-state index contributed by atoms with van der Waals surface area (Å²) in [6.45, 7) is 2.30. The van der Waals surface area contributed by atoms with Crippen LogP contribution in [0.4, 0.5) is 5.69 Å². The van der Waals surface area contributed by atoms with Gasteiger partial charge in [0.05, 0.1) is 17.0 Å². The molecule has 3 aromatic rings. The van der Waals surface area contributed by atoms with E-state index >= 15 is 0 Å². The number of nitrogens with one attached hydrogen (secondary N) is 1. The van der Waals surface area contributed by atoms with Gasteiger partial charge in [-0.15, -0.1) is 21.5 Å². The number of nitrogens with zero attached hydrogens (tertiary/aromatic N) is 3. The first kappa shape index (κ1) is 20.6. The van der Waals surface area contributed by atoms with Gasteiger partial charge in [0.1, 0.15) is 0 Å². The number of thiophene rings is 1. The lowest BCUT2D eigenvalue weighted by molar-refractivity contribution is -0.113. The molecule has 2 aromatic heterocycles. The fraction of sp³-hybridized carbons (Fsp3) is 0.333. The molecule has 30 heavy (non-hydrogen) atoms. The lowest BCUT2D eigenvalue weighted by atomic mass is 9.88. The number of amides is 2. The lowest BCUT2D eigenvalue weighted by Crippen LogP contribution is -2.19. The average Bonchev–Trinajstić information content (AvgIpc) is 3.29. The van der Waals surface area contributed by atoms with E-state index in [-0.39, 0.29) is 17.2 Å². The molecule has 7 nitrogen and oxygen atoms in total. The maximum Gasteiger partial charge on any atom is 0.250 e. The van der Waals surface area contributed by atoms with Crippen molar-refractivity contribution in [3.05, 3.63) is 45.6 Å². The van der Waals surface area contributed by atoms with Gasteiger partial charge in [-0.25, -0.2) is 0 Å². The summed E-state index contributed by atoms with van der Waals surface area (Å²) in [6.07, 6.45) is 3.40. The van der Waals surface area contributed by atoms with Crippen molar-refractivity contribution in [1.29, 1.82) is 0 Å². The van der Waals surface area contributed by atoms with Gasteiger partial charge in [-0.3, -0.25) is 9.59 Å². The van der Waals surface area contributed by atoms with Crippen LogP contribution in [0.15, 0.2) is 34.8 Å². The van der Waals surface area contributed by atoms with Crippen molar-refractivity contribution >= 4 is 40.6 Å². The van der Waals surface area contributed by atoms with Crippen LogP contribution in [0.1, 0.15) is 34.1 Å². The number of primary amides is 1.